The lowest BCUT2D eigenvalue weighted by atomic mass is 10.1. The Morgan fingerprint density at radius 1 is 1.15 bits per heavy atom. The SMILES string of the molecule is COc1ccc(OC)c(CC(=O)NCc2ccnc(OC3CCCC3)c2)c1. The summed E-state index contributed by atoms with van der Waals surface area (Å²) in [6.07, 6.45) is 6.81. The van der Waals surface area contributed by atoms with Crippen molar-refractivity contribution in [3.05, 3.63) is 47.7 Å². The van der Waals surface area contributed by atoms with Crippen LogP contribution in [0, 0.1) is 0 Å². The first-order valence-electron chi connectivity index (χ1n) is 9.27. The molecule has 0 bridgehead atoms. The van der Waals surface area contributed by atoms with Crippen molar-refractivity contribution in [1.82, 2.24) is 10.3 Å². The third kappa shape index (κ3) is 5.36. The number of hydrogen-bond donors (Lipinski definition) is 1. The number of amides is 1. The van der Waals surface area contributed by atoms with Crippen molar-refractivity contribution in [1.29, 1.82) is 0 Å². The van der Waals surface area contributed by atoms with Crippen LogP contribution in [0.2, 0.25) is 0 Å². The molecule has 0 spiro atoms. The molecule has 6 heteroatoms. The Balaban J connectivity index is 1.56. The van der Waals surface area contributed by atoms with Gasteiger partial charge in [-0.15, -0.1) is 0 Å². The minimum Gasteiger partial charge on any atom is -0.497 e. The minimum atomic E-state index is -0.0865. The fraction of sp³-hybridized carbons (Fsp3) is 0.429. The maximum atomic E-state index is 12.4. The van der Waals surface area contributed by atoms with Gasteiger partial charge in [0.15, 0.2) is 0 Å². The highest BCUT2D eigenvalue weighted by molar-refractivity contribution is 5.79. The largest absolute Gasteiger partial charge is 0.497 e. The zero-order chi connectivity index (χ0) is 19.1. The number of aromatic nitrogens is 1. The average molecular weight is 370 g/mol. The summed E-state index contributed by atoms with van der Waals surface area (Å²) in [6, 6.07) is 9.21. The summed E-state index contributed by atoms with van der Waals surface area (Å²) in [5, 5.41) is 2.94. The molecular formula is C21H26N2O4. The third-order valence-corrected chi connectivity index (χ3v) is 4.72. The van der Waals surface area contributed by atoms with Crippen LogP contribution in [0.15, 0.2) is 36.5 Å². The van der Waals surface area contributed by atoms with Crippen molar-refractivity contribution in [3.8, 4) is 17.4 Å². The molecule has 1 aliphatic rings. The zero-order valence-corrected chi connectivity index (χ0v) is 15.9. The van der Waals surface area contributed by atoms with E-state index in [2.05, 4.69) is 10.3 Å². The molecule has 1 heterocycles. The first-order valence-corrected chi connectivity index (χ1v) is 9.27. The number of rotatable bonds is 8. The van der Waals surface area contributed by atoms with Crippen LogP contribution < -0.4 is 19.5 Å². The quantitative estimate of drug-likeness (QED) is 0.772. The summed E-state index contributed by atoms with van der Waals surface area (Å²) in [6.45, 7) is 0.425. The van der Waals surface area contributed by atoms with Crippen molar-refractivity contribution in [2.75, 3.05) is 14.2 Å². The van der Waals surface area contributed by atoms with Gasteiger partial charge in [-0.25, -0.2) is 4.98 Å². The number of hydrogen-bond acceptors (Lipinski definition) is 5. The molecule has 1 saturated carbocycles. The fourth-order valence-corrected chi connectivity index (χ4v) is 3.26. The Kier molecular flexibility index (Phi) is 6.52. The standard InChI is InChI=1S/C21H26N2O4/c1-25-18-7-8-19(26-2)16(12-18)13-20(24)23-14-15-9-10-22-21(11-15)27-17-5-3-4-6-17/h7-12,17H,3-6,13-14H2,1-2H3,(H,23,24). The Morgan fingerprint density at radius 3 is 2.70 bits per heavy atom. The van der Waals surface area contributed by atoms with Crippen LogP contribution in [-0.4, -0.2) is 31.2 Å². The van der Waals surface area contributed by atoms with E-state index < -0.39 is 0 Å². The Morgan fingerprint density at radius 2 is 1.96 bits per heavy atom. The molecule has 1 fully saturated rings. The number of carbonyl (C=O) groups excluding carboxylic acids is 1. The van der Waals surface area contributed by atoms with Crippen molar-refractivity contribution in [2.45, 2.75) is 44.8 Å². The van der Waals surface area contributed by atoms with Gasteiger partial charge in [-0.2, -0.15) is 0 Å². The van der Waals surface area contributed by atoms with Crippen LogP contribution in [0.1, 0.15) is 36.8 Å². The number of pyridine rings is 1. The van der Waals surface area contributed by atoms with Crippen LogP contribution >= 0.6 is 0 Å². The lowest BCUT2D eigenvalue weighted by Gasteiger charge is -2.13. The monoisotopic (exact) mass is 370 g/mol. The van der Waals surface area contributed by atoms with Gasteiger partial charge in [0.05, 0.1) is 20.6 Å². The molecule has 144 valence electrons. The summed E-state index contributed by atoms with van der Waals surface area (Å²) >= 11 is 0. The maximum absolute atomic E-state index is 12.4. The Hall–Kier alpha value is -2.76. The second kappa shape index (κ2) is 9.26. The third-order valence-electron chi connectivity index (χ3n) is 4.72. The van der Waals surface area contributed by atoms with Gasteiger partial charge >= 0.3 is 0 Å². The first kappa shape index (κ1) is 19.0. The van der Waals surface area contributed by atoms with Gasteiger partial charge < -0.3 is 19.5 Å². The molecule has 27 heavy (non-hydrogen) atoms. The molecule has 1 aromatic heterocycles. The zero-order valence-electron chi connectivity index (χ0n) is 15.9. The first-order chi connectivity index (χ1) is 13.2. The van der Waals surface area contributed by atoms with Crippen molar-refractivity contribution < 1.29 is 19.0 Å². The van der Waals surface area contributed by atoms with Crippen LogP contribution in [0.25, 0.3) is 0 Å². The highest BCUT2D eigenvalue weighted by Gasteiger charge is 2.17. The number of carbonyl (C=O) groups is 1. The van der Waals surface area contributed by atoms with E-state index in [4.69, 9.17) is 14.2 Å². The molecule has 0 aliphatic heterocycles. The minimum absolute atomic E-state index is 0.0865. The predicted molar refractivity (Wildman–Crippen MR) is 102 cm³/mol. The van der Waals surface area contributed by atoms with Crippen LogP contribution in [0.5, 0.6) is 17.4 Å². The fourth-order valence-electron chi connectivity index (χ4n) is 3.26. The number of ether oxygens (including phenoxy) is 3. The molecule has 6 nitrogen and oxygen atoms in total. The van der Waals surface area contributed by atoms with Crippen LogP contribution in [-0.2, 0) is 17.8 Å². The van der Waals surface area contributed by atoms with Crippen molar-refractivity contribution in [2.24, 2.45) is 0 Å². The van der Waals surface area contributed by atoms with E-state index in [-0.39, 0.29) is 18.4 Å². The van der Waals surface area contributed by atoms with Gasteiger partial charge in [0.25, 0.3) is 0 Å². The number of nitrogens with one attached hydrogen (secondary N) is 1. The van der Waals surface area contributed by atoms with Gasteiger partial charge in [-0.1, -0.05) is 0 Å². The summed E-state index contributed by atoms with van der Waals surface area (Å²) < 4.78 is 16.5. The normalized spacial score (nSPS) is 14.0. The summed E-state index contributed by atoms with van der Waals surface area (Å²) in [5.41, 5.74) is 1.75. The lowest BCUT2D eigenvalue weighted by molar-refractivity contribution is -0.120. The smallest absolute Gasteiger partial charge is 0.224 e. The molecule has 2 aromatic rings. The molecular weight excluding hydrogens is 344 g/mol. The van der Waals surface area contributed by atoms with E-state index in [1.54, 1.807) is 26.5 Å². The van der Waals surface area contributed by atoms with E-state index in [1.807, 2.05) is 24.3 Å². The van der Waals surface area contributed by atoms with E-state index >= 15 is 0 Å². The summed E-state index contributed by atoms with van der Waals surface area (Å²) in [5.74, 6) is 1.91. The van der Waals surface area contributed by atoms with Crippen molar-refractivity contribution in [3.63, 3.8) is 0 Å². The number of methoxy groups -OCH3 is 2. The van der Waals surface area contributed by atoms with E-state index in [0.717, 1.165) is 24.0 Å². The topological polar surface area (TPSA) is 69.7 Å². The average Bonchev–Trinajstić information content (AvgIpc) is 3.19. The molecule has 0 radical (unpaired) electrons. The molecule has 1 aliphatic carbocycles. The van der Waals surface area contributed by atoms with Crippen LogP contribution in [0.3, 0.4) is 0 Å². The highest BCUT2D eigenvalue weighted by atomic mass is 16.5. The molecule has 0 saturated heterocycles. The molecule has 0 atom stereocenters. The van der Waals surface area contributed by atoms with E-state index in [0.29, 0.717) is 23.9 Å². The predicted octanol–water partition coefficient (Wildman–Crippen LogP) is 3.28. The van der Waals surface area contributed by atoms with Gasteiger partial charge in [0.2, 0.25) is 11.8 Å². The second-order valence-electron chi connectivity index (χ2n) is 6.66. The van der Waals surface area contributed by atoms with Crippen LogP contribution in [0.4, 0.5) is 0 Å². The lowest BCUT2D eigenvalue weighted by Crippen LogP contribution is -2.24. The number of nitrogens with zero attached hydrogens (tertiary/aromatic N) is 1. The molecule has 0 unspecified atom stereocenters. The van der Waals surface area contributed by atoms with Gasteiger partial charge in [0.1, 0.15) is 17.6 Å². The van der Waals surface area contributed by atoms with Crippen molar-refractivity contribution >= 4 is 5.91 Å². The Labute approximate surface area is 159 Å². The molecule has 3 rings (SSSR count). The van der Waals surface area contributed by atoms with Gasteiger partial charge in [-0.05, 0) is 55.5 Å². The molecule has 1 amide bonds. The molecule has 1 N–H and O–H groups in total. The van der Waals surface area contributed by atoms with Gasteiger partial charge in [0, 0.05) is 24.4 Å². The molecule has 1 aromatic carbocycles. The second-order valence-corrected chi connectivity index (χ2v) is 6.66. The highest BCUT2D eigenvalue weighted by Crippen LogP contribution is 2.25. The van der Waals surface area contributed by atoms with E-state index in [1.165, 1.54) is 12.8 Å². The summed E-state index contributed by atoms with van der Waals surface area (Å²) in [7, 11) is 3.19. The van der Waals surface area contributed by atoms with E-state index in [9.17, 15) is 4.79 Å². The summed E-state index contributed by atoms with van der Waals surface area (Å²) in [4.78, 5) is 16.6. The number of benzene rings is 1. The van der Waals surface area contributed by atoms with Gasteiger partial charge in [-0.3, -0.25) is 4.79 Å². The maximum Gasteiger partial charge on any atom is 0.224 e. The Bertz CT molecular complexity index is 773.